The number of benzene rings is 2. The van der Waals surface area contributed by atoms with Gasteiger partial charge in [0.1, 0.15) is 5.60 Å². The van der Waals surface area contributed by atoms with E-state index in [4.69, 9.17) is 30.5 Å². The number of hydrogen-bond acceptors (Lipinski definition) is 8. The molecule has 2 aromatic carbocycles. The lowest BCUT2D eigenvalue weighted by Gasteiger charge is -2.28. The van der Waals surface area contributed by atoms with Gasteiger partial charge in [-0.1, -0.05) is 23.7 Å². The van der Waals surface area contributed by atoms with Crippen LogP contribution in [0.25, 0.3) is 0 Å². The lowest BCUT2D eigenvalue weighted by Crippen LogP contribution is -2.36. The Morgan fingerprint density at radius 2 is 1.74 bits per heavy atom. The second-order valence-corrected chi connectivity index (χ2v) is 11.7. The standard InChI is InChI=1S/C31H40ClN3O7/c1-31(2,3)42-30(38)33-29(37)41-19-9-7-16-34-24-12-5-4-11-23(24)28(36)35(25-15-14-22(32)21-26(25)34)17-10-20-40-27-13-6-8-18-39-27/h4-5,11-12,14-15,21,27H,6-10,13,16-20H2,1-3H3,(H,33,37,38). The molecule has 42 heavy (non-hydrogen) atoms. The molecule has 2 aliphatic rings. The topological polar surface area (TPSA) is 107 Å². The fraction of sp³-hybridized carbons (Fsp3) is 0.516. The van der Waals surface area contributed by atoms with E-state index in [2.05, 4.69) is 10.2 Å². The fourth-order valence-electron chi connectivity index (χ4n) is 4.92. The highest BCUT2D eigenvalue weighted by atomic mass is 35.5. The van der Waals surface area contributed by atoms with Gasteiger partial charge in [0.2, 0.25) is 0 Å². The van der Waals surface area contributed by atoms with Crippen LogP contribution in [-0.4, -0.2) is 62.9 Å². The van der Waals surface area contributed by atoms with Crippen molar-refractivity contribution >= 4 is 46.8 Å². The molecule has 0 bridgehead atoms. The Balaban J connectivity index is 1.41. The van der Waals surface area contributed by atoms with Gasteiger partial charge < -0.3 is 28.7 Å². The zero-order valence-electron chi connectivity index (χ0n) is 24.5. The Labute approximate surface area is 252 Å². The summed E-state index contributed by atoms with van der Waals surface area (Å²) < 4.78 is 21.8. The van der Waals surface area contributed by atoms with Crippen LogP contribution in [0.5, 0.6) is 0 Å². The van der Waals surface area contributed by atoms with Gasteiger partial charge in [0.15, 0.2) is 6.29 Å². The van der Waals surface area contributed by atoms with Gasteiger partial charge in [0.25, 0.3) is 5.91 Å². The molecule has 0 radical (unpaired) electrons. The van der Waals surface area contributed by atoms with E-state index in [0.29, 0.717) is 49.5 Å². The number of alkyl carbamates (subject to hydrolysis) is 2. The molecule has 1 atom stereocenters. The summed E-state index contributed by atoms with van der Waals surface area (Å²) in [5.41, 5.74) is 2.24. The van der Waals surface area contributed by atoms with Crippen molar-refractivity contribution in [2.45, 2.75) is 71.2 Å². The Kier molecular flexibility index (Phi) is 11.1. The molecular formula is C31H40ClN3O7. The smallest absolute Gasteiger partial charge is 0.417 e. The molecule has 228 valence electrons. The largest absolute Gasteiger partial charge is 0.449 e. The van der Waals surface area contributed by atoms with E-state index in [9.17, 15) is 14.4 Å². The Bertz CT molecular complexity index is 1240. The van der Waals surface area contributed by atoms with Crippen LogP contribution < -0.4 is 15.1 Å². The lowest BCUT2D eigenvalue weighted by atomic mass is 10.1. The van der Waals surface area contributed by atoms with Crippen LogP contribution in [0, 0.1) is 0 Å². The molecule has 1 N–H and O–H groups in total. The second-order valence-electron chi connectivity index (χ2n) is 11.2. The second kappa shape index (κ2) is 14.7. The third-order valence-electron chi connectivity index (χ3n) is 6.77. The summed E-state index contributed by atoms with van der Waals surface area (Å²) in [6.45, 7) is 7.47. The number of fused-ring (bicyclic) bond motifs is 2. The predicted molar refractivity (Wildman–Crippen MR) is 161 cm³/mol. The van der Waals surface area contributed by atoms with Gasteiger partial charge in [-0.15, -0.1) is 0 Å². The maximum absolute atomic E-state index is 13.9. The predicted octanol–water partition coefficient (Wildman–Crippen LogP) is 6.81. The van der Waals surface area contributed by atoms with E-state index >= 15 is 0 Å². The monoisotopic (exact) mass is 601 g/mol. The zero-order valence-corrected chi connectivity index (χ0v) is 25.3. The molecule has 4 rings (SSSR count). The minimum Gasteiger partial charge on any atom is -0.449 e. The maximum Gasteiger partial charge on any atom is 0.417 e. The number of anilines is 3. The molecule has 2 aromatic rings. The summed E-state index contributed by atoms with van der Waals surface area (Å²) in [6, 6.07) is 13.1. The molecule has 0 saturated carbocycles. The molecule has 2 heterocycles. The van der Waals surface area contributed by atoms with Gasteiger partial charge in [-0.05, 0) is 89.6 Å². The average Bonchev–Trinajstić information content (AvgIpc) is 3.03. The molecule has 10 nitrogen and oxygen atoms in total. The molecule has 3 amide bonds. The summed E-state index contributed by atoms with van der Waals surface area (Å²) in [5.74, 6) is -0.0901. The molecule has 1 saturated heterocycles. The number of amides is 3. The van der Waals surface area contributed by atoms with Crippen molar-refractivity contribution in [1.29, 1.82) is 0 Å². The average molecular weight is 602 g/mol. The first-order valence-electron chi connectivity index (χ1n) is 14.5. The van der Waals surface area contributed by atoms with E-state index < -0.39 is 17.8 Å². The Morgan fingerprint density at radius 1 is 0.952 bits per heavy atom. The van der Waals surface area contributed by atoms with Gasteiger partial charge in [0, 0.05) is 24.7 Å². The summed E-state index contributed by atoms with van der Waals surface area (Å²) in [7, 11) is 0. The number of nitrogens with zero attached hydrogens (tertiary/aromatic N) is 2. The number of rotatable bonds is 10. The van der Waals surface area contributed by atoms with Crippen molar-refractivity contribution in [2.24, 2.45) is 0 Å². The Morgan fingerprint density at radius 3 is 2.50 bits per heavy atom. The maximum atomic E-state index is 13.9. The number of carbonyl (C=O) groups excluding carboxylic acids is 3. The molecule has 1 fully saturated rings. The highest BCUT2D eigenvalue weighted by Crippen LogP contribution is 2.42. The highest BCUT2D eigenvalue weighted by Gasteiger charge is 2.31. The summed E-state index contributed by atoms with van der Waals surface area (Å²) >= 11 is 6.45. The first-order valence-corrected chi connectivity index (χ1v) is 14.9. The molecule has 2 aliphatic heterocycles. The van der Waals surface area contributed by atoms with Crippen LogP contribution in [0.2, 0.25) is 5.02 Å². The summed E-state index contributed by atoms with van der Waals surface area (Å²) in [4.78, 5) is 41.5. The van der Waals surface area contributed by atoms with E-state index in [0.717, 1.165) is 42.9 Å². The van der Waals surface area contributed by atoms with Crippen molar-refractivity contribution in [3.63, 3.8) is 0 Å². The van der Waals surface area contributed by atoms with Gasteiger partial charge in [-0.25, -0.2) is 14.9 Å². The SMILES string of the molecule is CC(C)(C)OC(=O)NC(=O)OCCCCN1c2ccccc2C(=O)N(CCCOC2CCCCO2)c2ccc(Cl)cc21. The van der Waals surface area contributed by atoms with Crippen LogP contribution in [0.3, 0.4) is 0 Å². The number of halogens is 1. The third kappa shape index (κ3) is 8.83. The summed E-state index contributed by atoms with van der Waals surface area (Å²) in [5, 5.41) is 2.62. The van der Waals surface area contributed by atoms with Crippen molar-refractivity contribution in [3.8, 4) is 0 Å². The van der Waals surface area contributed by atoms with E-state index in [1.54, 1.807) is 31.7 Å². The molecule has 0 spiro atoms. The van der Waals surface area contributed by atoms with Gasteiger partial charge in [-0.2, -0.15) is 0 Å². The number of imide groups is 1. The number of ether oxygens (including phenoxy) is 4. The summed E-state index contributed by atoms with van der Waals surface area (Å²) in [6.07, 6.45) is 3.00. The van der Waals surface area contributed by atoms with Crippen molar-refractivity contribution in [1.82, 2.24) is 5.32 Å². The van der Waals surface area contributed by atoms with Crippen LogP contribution in [0.1, 0.15) is 69.7 Å². The number of unbranched alkanes of at least 4 members (excludes halogenated alkanes) is 1. The van der Waals surface area contributed by atoms with Gasteiger partial charge >= 0.3 is 12.2 Å². The van der Waals surface area contributed by atoms with Gasteiger partial charge in [-0.3, -0.25) is 4.79 Å². The van der Waals surface area contributed by atoms with Gasteiger partial charge in [0.05, 0.1) is 35.8 Å². The third-order valence-corrected chi connectivity index (χ3v) is 7.00. The minimum atomic E-state index is -0.859. The first kappa shape index (κ1) is 31.6. The number of hydrogen-bond donors (Lipinski definition) is 1. The highest BCUT2D eigenvalue weighted by molar-refractivity contribution is 6.31. The van der Waals surface area contributed by atoms with Crippen molar-refractivity contribution in [3.05, 3.63) is 53.1 Å². The fourth-order valence-corrected chi connectivity index (χ4v) is 5.08. The van der Waals surface area contributed by atoms with E-state index in [-0.39, 0.29) is 18.8 Å². The molecule has 0 aromatic heterocycles. The van der Waals surface area contributed by atoms with Crippen LogP contribution in [-0.2, 0) is 18.9 Å². The quantitative estimate of drug-likeness (QED) is 0.296. The van der Waals surface area contributed by atoms with Crippen LogP contribution in [0.4, 0.5) is 26.7 Å². The first-order chi connectivity index (χ1) is 20.1. The van der Waals surface area contributed by atoms with Crippen LogP contribution in [0.15, 0.2) is 42.5 Å². The zero-order chi connectivity index (χ0) is 30.1. The molecule has 11 heteroatoms. The normalized spacial score (nSPS) is 16.8. The molecule has 1 unspecified atom stereocenters. The minimum absolute atomic E-state index is 0.0901. The number of carbonyl (C=O) groups is 3. The van der Waals surface area contributed by atoms with E-state index in [1.165, 1.54) is 0 Å². The van der Waals surface area contributed by atoms with Crippen molar-refractivity contribution < 1.29 is 33.3 Å². The number of nitrogens with one attached hydrogen (secondary N) is 1. The van der Waals surface area contributed by atoms with Crippen molar-refractivity contribution in [2.75, 3.05) is 42.7 Å². The Hall–Kier alpha value is -3.34. The molecule has 0 aliphatic carbocycles. The molecular weight excluding hydrogens is 562 g/mol. The van der Waals surface area contributed by atoms with Crippen LogP contribution >= 0.6 is 11.6 Å². The van der Waals surface area contributed by atoms with E-state index in [1.807, 2.05) is 36.4 Å². The number of para-hydroxylation sites is 1. The lowest BCUT2D eigenvalue weighted by molar-refractivity contribution is -0.162.